The van der Waals surface area contributed by atoms with E-state index in [-0.39, 0.29) is 16.3 Å². The van der Waals surface area contributed by atoms with Gasteiger partial charge in [0.2, 0.25) is 0 Å². The van der Waals surface area contributed by atoms with Gasteiger partial charge in [-0.3, -0.25) is 20.3 Å². The van der Waals surface area contributed by atoms with Crippen molar-refractivity contribution < 1.29 is 14.0 Å². The van der Waals surface area contributed by atoms with Crippen LogP contribution in [0.4, 0.5) is 4.39 Å². The summed E-state index contributed by atoms with van der Waals surface area (Å²) in [7, 11) is 0. The van der Waals surface area contributed by atoms with Crippen LogP contribution in [0.1, 0.15) is 15.2 Å². The predicted molar refractivity (Wildman–Crippen MR) is 74.0 cm³/mol. The molecule has 0 bridgehead atoms. The van der Waals surface area contributed by atoms with Crippen molar-refractivity contribution in [1.82, 2.24) is 5.32 Å². The van der Waals surface area contributed by atoms with Crippen LogP contribution in [0.25, 0.3) is 10.4 Å². The summed E-state index contributed by atoms with van der Waals surface area (Å²) in [4.78, 5) is 24.0. The van der Waals surface area contributed by atoms with Gasteiger partial charge >= 0.3 is 0 Å². The molecule has 0 unspecified atom stereocenters. The van der Waals surface area contributed by atoms with E-state index in [1.54, 1.807) is 12.1 Å². The Hall–Kier alpha value is -2.05. The molecular formula is C13H6ClFN2O2S. The van der Waals surface area contributed by atoms with E-state index < -0.39 is 17.6 Å². The van der Waals surface area contributed by atoms with Crippen molar-refractivity contribution in [3.8, 4) is 10.4 Å². The highest BCUT2D eigenvalue weighted by Gasteiger charge is 2.30. The van der Waals surface area contributed by atoms with Gasteiger partial charge < -0.3 is 0 Å². The van der Waals surface area contributed by atoms with Crippen molar-refractivity contribution in [2.75, 3.05) is 0 Å². The number of rotatable bonds is 1. The summed E-state index contributed by atoms with van der Waals surface area (Å²) in [5.41, 5.74) is 0.537. The first kappa shape index (κ1) is 13.0. The van der Waals surface area contributed by atoms with Crippen LogP contribution in [0.3, 0.4) is 0 Å². The number of carbonyl (C=O) groups is 2. The standard InChI is InChI=1S/C13H6ClFN2O2S/c14-7-2-1-5(3-8(7)15)9-4-6-11(20-9)10(16)13(19)17-12(6)18/h1-4,16H,(H,17,18,19). The molecule has 1 aliphatic heterocycles. The van der Waals surface area contributed by atoms with Crippen molar-refractivity contribution in [3.63, 3.8) is 0 Å². The topological polar surface area (TPSA) is 70.0 Å². The Morgan fingerprint density at radius 3 is 2.65 bits per heavy atom. The number of hydrogen-bond donors (Lipinski definition) is 2. The summed E-state index contributed by atoms with van der Waals surface area (Å²) >= 11 is 6.72. The highest BCUT2D eigenvalue weighted by molar-refractivity contribution is 7.18. The van der Waals surface area contributed by atoms with Gasteiger partial charge in [-0.25, -0.2) is 4.39 Å². The van der Waals surface area contributed by atoms with Crippen molar-refractivity contribution >= 4 is 40.5 Å². The van der Waals surface area contributed by atoms with Gasteiger partial charge in [0, 0.05) is 4.88 Å². The van der Waals surface area contributed by atoms with Gasteiger partial charge in [-0.1, -0.05) is 17.7 Å². The number of halogens is 2. The smallest absolute Gasteiger partial charge is 0.277 e. The molecule has 1 aliphatic rings. The molecule has 1 aromatic heterocycles. The lowest BCUT2D eigenvalue weighted by Gasteiger charge is -2.10. The second kappa shape index (κ2) is 4.50. The zero-order valence-electron chi connectivity index (χ0n) is 9.79. The van der Waals surface area contributed by atoms with E-state index in [9.17, 15) is 14.0 Å². The number of carbonyl (C=O) groups excluding carboxylic acids is 2. The third-order valence-corrected chi connectivity index (χ3v) is 4.37. The summed E-state index contributed by atoms with van der Waals surface area (Å²) in [5, 5.41) is 9.76. The first-order valence-corrected chi connectivity index (χ1v) is 6.70. The van der Waals surface area contributed by atoms with Crippen LogP contribution >= 0.6 is 22.9 Å². The number of imide groups is 1. The minimum atomic E-state index is -0.724. The summed E-state index contributed by atoms with van der Waals surface area (Å²) in [6.45, 7) is 0. The van der Waals surface area contributed by atoms with Crippen molar-refractivity contribution in [2.45, 2.75) is 0 Å². The number of benzene rings is 1. The Balaban J connectivity index is 2.14. The molecule has 2 heterocycles. The highest BCUT2D eigenvalue weighted by Crippen LogP contribution is 2.34. The van der Waals surface area contributed by atoms with Gasteiger partial charge in [-0.15, -0.1) is 11.3 Å². The Morgan fingerprint density at radius 1 is 1.20 bits per heavy atom. The minimum absolute atomic E-state index is 0.00994. The molecule has 7 heteroatoms. The van der Waals surface area contributed by atoms with Crippen LogP contribution in [-0.2, 0) is 4.79 Å². The molecule has 0 saturated carbocycles. The average Bonchev–Trinajstić information content (AvgIpc) is 2.85. The lowest BCUT2D eigenvalue weighted by molar-refractivity contribution is -0.114. The molecule has 0 spiro atoms. The summed E-state index contributed by atoms with van der Waals surface area (Å²) < 4.78 is 13.5. The van der Waals surface area contributed by atoms with Crippen LogP contribution in [-0.4, -0.2) is 17.5 Å². The number of nitrogens with one attached hydrogen (secondary N) is 2. The lowest BCUT2D eigenvalue weighted by Crippen LogP contribution is -2.41. The van der Waals surface area contributed by atoms with Crippen molar-refractivity contribution in [2.24, 2.45) is 0 Å². The molecule has 0 saturated heterocycles. The first-order valence-electron chi connectivity index (χ1n) is 5.51. The third-order valence-electron chi connectivity index (χ3n) is 2.86. The van der Waals surface area contributed by atoms with Crippen LogP contribution in [0.5, 0.6) is 0 Å². The van der Waals surface area contributed by atoms with Gasteiger partial charge in [-0.2, -0.15) is 0 Å². The third kappa shape index (κ3) is 1.93. The minimum Gasteiger partial charge on any atom is -0.294 e. The molecule has 4 nitrogen and oxygen atoms in total. The Labute approximate surface area is 121 Å². The van der Waals surface area contributed by atoms with Crippen molar-refractivity contribution in [3.05, 3.63) is 45.5 Å². The van der Waals surface area contributed by atoms with Crippen molar-refractivity contribution in [1.29, 1.82) is 5.41 Å². The largest absolute Gasteiger partial charge is 0.294 e. The van der Waals surface area contributed by atoms with E-state index in [1.807, 2.05) is 0 Å². The number of hydrogen-bond acceptors (Lipinski definition) is 4. The lowest BCUT2D eigenvalue weighted by atomic mass is 10.1. The van der Waals surface area contributed by atoms with Crippen LogP contribution in [0.2, 0.25) is 5.02 Å². The van der Waals surface area contributed by atoms with E-state index >= 15 is 0 Å². The molecule has 2 aromatic rings. The second-order valence-corrected chi connectivity index (χ2v) is 5.60. The molecule has 0 radical (unpaired) electrons. The van der Waals surface area contributed by atoms with Gasteiger partial charge in [0.05, 0.1) is 15.5 Å². The Morgan fingerprint density at radius 2 is 1.95 bits per heavy atom. The van der Waals surface area contributed by atoms with E-state index in [0.29, 0.717) is 15.3 Å². The molecule has 0 atom stereocenters. The fraction of sp³-hybridized carbons (Fsp3) is 0. The maximum absolute atomic E-state index is 13.5. The van der Waals surface area contributed by atoms with Gasteiger partial charge in [-0.05, 0) is 23.8 Å². The maximum Gasteiger partial charge on any atom is 0.277 e. The van der Waals surface area contributed by atoms with Crippen LogP contribution in [0, 0.1) is 11.2 Å². The zero-order chi connectivity index (χ0) is 14.4. The predicted octanol–water partition coefficient (Wildman–Crippen LogP) is 2.85. The van der Waals surface area contributed by atoms with E-state index in [0.717, 1.165) is 11.3 Å². The first-order chi connectivity index (χ1) is 9.47. The fourth-order valence-electron chi connectivity index (χ4n) is 1.87. The summed E-state index contributed by atoms with van der Waals surface area (Å²) in [5.74, 6) is -1.83. The molecule has 100 valence electrons. The van der Waals surface area contributed by atoms with Gasteiger partial charge in [0.15, 0.2) is 0 Å². The molecule has 0 fully saturated rings. The van der Waals surface area contributed by atoms with E-state index in [1.165, 1.54) is 12.1 Å². The molecule has 1 aromatic carbocycles. The monoisotopic (exact) mass is 308 g/mol. The number of thiophene rings is 1. The molecule has 2 N–H and O–H groups in total. The zero-order valence-corrected chi connectivity index (χ0v) is 11.4. The van der Waals surface area contributed by atoms with Crippen LogP contribution < -0.4 is 5.32 Å². The molecule has 20 heavy (non-hydrogen) atoms. The number of amides is 2. The quantitative estimate of drug-likeness (QED) is 0.795. The van der Waals surface area contributed by atoms with Gasteiger partial charge in [0.25, 0.3) is 11.8 Å². The molecular weight excluding hydrogens is 303 g/mol. The van der Waals surface area contributed by atoms with Gasteiger partial charge in [0.1, 0.15) is 11.5 Å². The van der Waals surface area contributed by atoms with E-state index in [2.05, 4.69) is 5.32 Å². The SMILES string of the molecule is N=C1C(=O)NC(=O)c2cc(-c3ccc(Cl)c(F)c3)sc21. The molecule has 3 rings (SSSR count). The Kier molecular flexibility index (Phi) is 2.92. The van der Waals surface area contributed by atoms with Crippen LogP contribution in [0.15, 0.2) is 24.3 Å². The van der Waals surface area contributed by atoms with E-state index in [4.69, 9.17) is 17.0 Å². The Bertz CT molecular complexity index is 785. The summed E-state index contributed by atoms with van der Waals surface area (Å²) in [6, 6.07) is 5.83. The molecule has 0 aliphatic carbocycles. The number of fused-ring (bicyclic) bond motifs is 1. The highest BCUT2D eigenvalue weighted by atomic mass is 35.5. The average molecular weight is 309 g/mol. The maximum atomic E-state index is 13.5. The second-order valence-electron chi connectivity index (χ2n) is 4.14. The summed E-state index contributed by atoms with van der Waals surface area (Å²) in [6.07, 6.45) is 0. The fourth-order valence-corrected chi connectivity index (χ4v) is 3.09. The molecule has 2 amide bonds. The normalized spacial score (nSPS) is 14.2.